The van der Waals surface area contributed by atoms with E-state index < -0.39 is 41.6 Å². The second kappa shape index (κ2) is 4.06. The largest absolute Gasteiger partial charge is 0.388 e. The maximum atomic E-state index is 13.0. The second-order valence-corrected chi connectivity index (χ2v) is 3.86. The highest BCUT2D eigenvalue weighted by molar-refractivity contribution is 4.93. The molecular formula is C9H11FN2O5. The first kappa shape index (κ1) is 12.0. The van der Waals surface area contributed by atoms with Gasteiger partial charge in [-0.3, -0.25) is 14.3 Å². The van der Waals surface area contributed by atoms with Crippen LogP contribution < -0.4 is 11.2 Å². The molecule has 1 aliphatic rings. The van der Waals surface area contributed by atoms with Gasteiger partial charge in [-0.1, -0.05) is 0 Å². The lowest BCUT2D eigenvalue weighted by Crippen LogP contribution is -2.38. The molecule has 1 aromatic heterocycles. The molecule has 2 heterocycles. The number of hydrogen-bond donors (Lipinski definition) is 3. The van der Waals surface area contributed by atoms with Crippen molar-refractivity contribution in [3.8, 4) is 0 Å². The highest BCUT2D eigenvalue weighted by Crippen LogP contribution is 2.27. The minimum Gasteiger partial charge on any atom is -0.388 e. The van der Waals surface area contributed by atoms with Crippen LogP contribution in [0, 0.1) is 5.82 Å². The zero-order valence-corrected chi connectivity index (χ0v) is 8.83. The third-order valence-electron chi connectivity index (χ3n) is 2.68. The minimum absolute atomic E-state index is 0.639. The summed E-state index contributed by atoms with van der Waals surface area (Å²) in [5.41, 5.74) is -2.06. The van der Waals surface area contributed by atoms with E-state index in [0.29, 0.717) is 10.8 Å². The van der Waals surface area contributed by atoms with Gasteiger partial charge in [0.2, 0.25) is 5.82 Å². The van der Waals surface area contributed by atoms with E-state index in [2.05, 4.69) is 0 Å². The number of hydrogen-bond acceptors (Lipinski definition) is 5. The van der Waals surface area contributed by atoms with Gasteiger partial charge in [-0.15, -0.1) is 0 Å². The van der Waals surface area contributed by atoms with Gasteiger partial charge in [0.1, 0.15) is 12.2 Å². The Labute approximate surface area is 94.1 Å². The van der Waals surface area contributed by atoms with Gasteiger partial charge in [0.15, 0.2) is 6.23 Å². The molecule has 17 heavy (non-hydrogen) atoms. The minimum atomic E-state index is -1.37. The van der Waals surface area contributed by atoms with E-state index in [9.17, 15) is 24.2 Å². The van der Waals surface area contributed by atoms with E-state index in [0.717, 1.165) is 0 Å². The summed E-state index contributed by atoms with van der Waals surface area (Å²) in [6.07, 6.45) is -3.83. The number of H-pyrrole nitrogens is 1. The number of nitrogens with one attached hydrogen (secondary N) is 1. The number of nitrogens with zero attached hydrogens (tertiary/aromatic N) is 1. The van der Waals surface area contributed by atoms with Crippen molar-refractivity contribution in [1.82, 2.24) is 9.55 Å². The fourth-order valence-electron chi connectivity index (χ4n) is 1.71. The topological polar surface area (TPSA) is 105 Å². The molecule has 1 saturated heterocycles. The normalized spacial score (nSPS) is 32.9. The molecule has 0 unspecified atom stereocenters. The summed E-state index contributed by atoms with van der Waals surface area (Å²) in [7, 11) is 0. The van der Waals surface area contributed by atoms with Crippen LogP contribution in [0.15, 0.2) is 15.8 Å². The van der Waals surface area contributed by atoms with Crippen molar-refractivity contribution < 1.29 is 19.3 Å². The molecule has 0 saturated carbocycles. The van der Waals surface area contributed by atoms with Crippen LogP contribution in [-0.4, -0.2) is 38.1 Å². The highest BCUT2D eigenvalue weighted by atomic mass is 19.1. The van der Waals surface area contributed by atoms with Crippen molar-refractivity contribution in [1.29, 1.82) is 0 Å². The number of aromatic amines is 1. The van der Waals surface area contributed by atoms with Gasteiger partial charge in [0.05, 0.1) is 12.3 Å². The first-order chi connectivity index (χ1) is 7.91. The zero-order valence-electron chi connectivity index (χ0n) is 8.83. The van der Waals surface area contributed by atoms with Gasteiger partial charge in [0, 0.05) is 0 Å². The average Bonchev–Trinajstić information content (AvgIpc) is 2.51. The van der Waals surface area contributed by atoms with E-state index >= 15 is 0 Å². The summed E-state index contributed by atoms with van der Waals surface area (Å²) in [4.78, 5) is 24.0. The van der Waals surface area contributed by atoms with Crippen LogP contribution >= 0.6 is 0 Å². The molecule has 0 amide bonds. The van der Waals surface area contributed by atoms with Crippen molar-refractivity contribution in [2.45, 2.75) is 31.5 Å². The number of aliphatic hydroxyl groups excluding tert-OH is 2. The molecule has 1 aliphatic heterocycles. The Kier molecular flexibility index (Phi) is 2.86. The fraction of sp³-hybridized carbons (Fsp3) is 0.556. The lowest BCUT2D eigenvalue weighted by molar-refractivity contribution is -0.0356. The molecule has 8 heteroatoms. The summed E-state index contributed by atoms with van der Waals surface area (Å²) in [6.45, 7) is 1.50. The molecule has 1 fully saturated rings. The molecule has 1 aromatic rings. The molecule has 0 aliphatic carbocycles. The maximum Gasteiger partial charge on any atom is 0.330 e. The highest BCUT2D eigenvalue weighted by Gasteiger charge is 2.41. The van der Waals surface area contributed by atoms with Gasteiger partial charge in [-0.25, -0.2) is 4.79 Å². The summed E-state index contributed by atoms with van der Waals surface area (Å²) in [5, 5.41) is 19.1. The van der Waals surface area contributed by atoms with Gasteiger partial charge < -0.3 is 14.9 Å². The van der Waals surface area contributed by atoms with Gasteiger partial charge >= 0.3 is 5.69 Å². The number of aromatic nitrogens is 2. The quantitative estimate of drug-likeness (QED) is 0.548. The van der Waals surface area contributed by atoms with Crippen LogP contribution in [0.3, 0.4) is 0 Å². The van der Waals surface area contributed by atoms with Crippen molar-refractivity contribution in [2.75, 3.05) is 0 Å². The van der Waals surface area contributed by atoms with Crippen molar-refractivity contribution in [2.24, 2.45) is 0 Å². The Morgan fingerprint density at radius 3 is 2.59 bits per heavy atom. The Bertz CT molecular complexity index is 539. The molecule has 0 spiro atoms. The maximum absolute atomic E-state index is 13.0. The predicted octanol–water partition coefficient (Wildman–Crippen LogP) is -1.69. The third-order valence-corrected chi connectivity index (χ3v) is 2.68. The standard InChI is InChI=1S/C9H11FN2O5/c1-3-5(13)6(14)8(17-3)12-2-4(10)7(15)11-9(12)16/h2-3,5-6,8,13-14H,1H3,(H,11,15,16)/t3-,5+,6-,8+/m0/s1. The molecule has 0 aromatic carbocycles. The van der Waals surface area contributed by atoms with E-state index in [1.165, 1.54) is 6.92 Å². The number of rotatable bonds is 1. The van der Waals surface area contributed by atoms with E-state index in [-0.39, 0.29) is 0 Å². The zero-order chi connectivity index (χ0) is 12.7. The Morgan fingerprint density at radius 1 is 1.41 bits per heavy atom. The van der Waals surface area contributed by atoms with Gasteiger partial charge in [-0.2, -0.15) is 4.39 Å². The average molecular weight is 246 g/mol. The number of aliphatic hydroxyl groups is 2. The summed E-state index contributed by atoms with van der Waals surface area (Å²) >= 11 is 0. The smallest absolute Gasteiger partial charge is 0.330 e. The van der Waals surface area contributed by atoms with Crippen molar-refractivity contribution >= 4 is 0 Å². The van der Waals surface area contributed by atoms with Crippen LogP contribution in [0.4, 0.5) is 4.39 Å². The second-order valence-electron chi connectivity index (χ2n) is 3.86. The Morgan fingerprint density at radius 2 is 2.06 bits per heavy atom. The molecule has 94 valence electrons. The van der Waals surface area contributed by atoms with E-state index in [1.54, 1.807) is 4.98 Å². The molecule has 7 nitrogen and oxygen atoms in total. The van der Waals surface area contributed by atoms with Crippen LogP contribution in [0.1, 0.15) is 13.2 Å². The molecule has 0 radical (unpaired) electrons. The third kappa shape index (κ3) is 1.90. The predicted molar refractivity (Wildman–Crippen MR) is 52.9 cm³/mol. The van der Waals surface area contributed by atoms with Crippen molar-refractivity contribution in [3.63, 3.8) is 0 Å². The fourth-order valence-corrected chi connectivity index (χ4v) is 1.71. The first-order valence-electron chi connectivity index (χ1n) is 4.94. The van der Waals surface area contributed by atoms with Crippen LogP contribution in [-0.2, 0) is 4.74 Å². The molecule has 3 N–H and O–H groups in total. The lowest BCUT2D eigenvalue weighted by atomic mass is 10.1. The van der Waals surface area contributed by atoms with Gasteiger partial charge in [-0.05, 0) is 6.92 Å². The summed E-state index contributed by atoms with van der Waals surface area (Å²) in [6, 6.07) is 0. The van der Waals surface area contributed by atoms with Crippen LogP contribution in [0.25, 0.3) is 0 Å². The Balaban J connectivity index is 2.46. The van der Waals surface area contributed by atoms with Gasteiger partial charge in [0.25, 0.3) is 5.56 Å². The monoisotopic (exact) mass is 246 g/mol. The number of halogens is 1. The molecular weight excluding hydrogens is 235 g/mol. The summed E-state index contributed by atoms with van der Waals surface area (Å²) < 4.78 is 18.9. The van der Waals surface area contributed by atoms with E-state index in [1.807, 2.05) is 0 Å². The summed E-state index contributed by atoms with van der Waals surface area (Å²) in [5.74, 6) is -1.17. The lowest BCUT2D eigenvalue weighted by Gasteiger charge is -2.16. The molecule has 2 rings (SSSR count). The molecule has 0 bridgehead atoms. The Hall–Kier alpha value is -1.51. The first-order valence-corrected chi connectivity index (χ1v) is 4.94. The van der Waals surface area contributed by atoms with Crippen LogP contribution in [0.5, 0.6) is 0 Å². The van der Waals surface area contributed by atoms with Crippen LogP contribution in [0.2, 0.25) is 0 Å². The SMILES string of the molecule is C[C@@H]1O[C@@H](n2cc(F)c(=O)[nH]c2=O)[C@@H](O)[C@@H]1O. The number of ether oxygens (including phenoxy) is 1. The van der Waals surface area contributed by atoms with E-state index in [4.69, 9.17) is 4.74 Å². The van der Waals surface area contributed by atoms with Crippen molar-refractivity contribution in [3.05, 3.63) is 32.9 Å². The molecule has 4 atom stereocenters.